The molecule has 0 aliphatic heterocycles. The molecule has 1 N–H and O–H groups in total. The van der Waals surface area contributed by atoms with E-state index >= 15 is 0 Å². The topological polar surface area (TPSA) is 71.8 Å². The van der Waals surface area contributed by atoms with Crippen molar-refractivity contribution in [3.63, 3.8) is 0 Å². The molecule has 0 bridgehead atoms. The lowest BCUT2D eigenvalue weighted by Gasteiger charge is -2.19. The molecule has 0 aliphatic rings. The van der Waals surface area contributed by atoms with Crippen molar-refractivity contribution in [2.45, 2.75) is 19.8 Å². The molecule has 0 unspecified atom stereocenters. The molecule has 3 aromatic rings. The van der Waals surface area contributed by atoms with E-state index in [9.17, 15) is 9.59 Å². The van der Waals surface area contributed by atoms with Gasteiger partial charge >= 0.3 is 5.63 Å². The van der Waals surface area contributed by atoms with Gasteiger partial charge in [0, 0.05) is 49.3 Å². The van der Waals surface area contributed by atoms with Crippen LogP contribution >= 0.6 is 0 Å². The first-order valence-electron chi connectivity index (χ1n) is 9.63. The maximum atomic E-state index is 12.4. The summed E-state index contributed by atoms with van der Waals surface area (Å²) in [5.41, 5.74) is 2.57. The first-order valence-corrected chi connectivity index (χ1v) is 9.63. The van der Waals surface area contributed by atoms with Gasteiger partial charge in [-0.1, -0.05) is 18.2 Å². The number of methoxy groups -OCH3 is 1. The Balaban J connectivity index is 1.57. The number of carbonyl (C=O) groups excluding carboxylic acids is 1. The molecule has 0 aliphatic carbocycles. The number of aryl methyl sites for hydroxylation is 1. The molecule has 0 fully saturated rings. The van der Waals surface area contributed by atoms with Crippen molar-refractivity contribution in [1.29, 1.82) is 0 Å². The predicted octanol–water partition coefficient (Wildman–Crippen LogP) is 3.30. The molecule has 6 nitrogen and oxygen atoms in total. The van der Waals surface area contributed by atoms with E-state index < -0.39 is 5.63 Å². The van der Waals surface area contributed by atoms with E-state index in [0.29, 0.717) is 36.4 Å². The Bertz CT molecular complexity index is 1040. The van der Waals surface area contributed by atoms with Crippen molar-refractivity contribution in [1.82, 2.24) is 5.32 Å². The van der Waals surface area contributed by atoms with Gasteiger partial charge in [0.25, 0.3) is 0 Å². The van der Waals surface area contributed by atoms with Crippen molar-refractivity contribution < 1.29 is 13.9 Å². The Labute approximate surface area is 170 Å². The lowest BCUT2D eigenvalue weighted by Crippen LogP contribution is -2.33. The minimum atomic E-state index is -0.403. The van der Waals surface area contributed by atoms with Crippen molar-refractivity contribution in [2.75, 3.05) is 32.1 Å². The molecular formula is C23H26N2O4. The van der Waals surface area contributed by atoms with E-state index in [2.05, 4.69) is 10.2 Å². The number of para-hydroxylation sites is 1. The summed E-state index contributed by atoms with van der Waals surface area (Å²) in [6.07, 6.45) is 0.582. The molecule has 0 atom stereocenters. The fourth-order valence-corrected chi connectivity index (χ4v) is 3.29. The van der Waals surface area contributed by atoms with Gasteiger partial charge in [-0.3, -0.25) is 4.79 Å². The number of nitrogens with one attached hydrogen (secondary N) is 1. The SMILES string of the molecule is COc1ccc2c(C)c(CCC(=O)NCCN(C)c3ccccc3)c(=O)oc2c1. The lowest BCUT2D eigenvalue weighted by molar-refractivity contribution is -0.120. The summed E-state index contributed by atoms with van der Waals surface area (Å²) < 4.78 is 10.6. The van der Waals surface area contributed by atoms with E-state index in [0.717, 1.165) is 16.6 Å². The maximum Gasteiger partial charge on any atom is 0.339 e. The Morgan fingerprint density at radius 1 is 1.17 bits per heavy atom. The van der Waals surface area contributed by atoms with Crippen LogP contribution in [0.3, 0.4) is 0 Å². The maximum absolute atomic E-state index is 12.4. The van der Waals surface area contributed by atoms with Crippen LogP contribution < -0.4 is 20.6 Å². The average Bonchev–Trinajstić information content (AvgIpc) is 2.73. The molecule has 152 valence electrons. The second-order valence-electron chi connectivity index (χ2n) is 6.96. The van der Waals surface area contributed by atoms with Crippen LogP contribution in [0.1, 0.15) is 17.5 Å². The average molecular weight is 394 g/mol. The summed E-state index contributed by atoms with van der Waals surface area (Å²) in [4.78, 5) is 26.7. The number of nitrogens with zero attached hydrogens (tertiary/aromatic N) is 1. The van der Waals surface area contributed by atoms with Crippen LogP contribution in [0.5, 0.6) is 5.75 Å². The van der Waals surface area contributed by atoms with Crippen LogP contribution in [-0.4, -0.2) is 33.2 Å². The number of hydrogen-bond donors (Lipinski definition) is 1. The highest BCUT2D eigenvalue weighted by Crippen LogP contribution is 2.24. The number of likely N-dealkylation sites (N-methyl/N-ethyl adjacent to an activating group) is 1. The van der Waals surface area contributed by atoms with Crippen LogP contribution in [0.4, 0.5) is 5.69 Å². The monoisotopic (exact) mass is 394 g/mol. The standard InChI is InChI=1S/C23H26N2O4/c1-16-19-10-9-18(28-3)15-21(19)29-23(27)20(16)11-12-22(26)24-13-14-25(2)17-7-5-4-6-8-17/h4-10,15H,11-14H2,1-3H3,(H,24,26). The van der Waals surface area contributed by atoms with Gasteiger partial charge in [0.1, 0.15) is 11.3 Å². The molecule has 1 aromatic heterocycles. The number of hydrogen-bond acceptors (Lipinski definition) is 5. The minimum absolute atomic E-state index is 0.0833. The van der Waals surface area contributed by atoms with Gasteiger partial charge < -0.3 is 19.4 Å². The number of anilines is 1. The van der Waals surface area contributed by atoms with Crippen LogP contribution in [0.15, 0.2) is 57.7 Å². The molecule has 29 heavy (non-hydrogen) atoms. The summed E-state index contributed by atoms with van der Waals surface area (Å²) >= 11 is 0. The molecule has 0 saturated carbocycles. The van der Waals surface area contributed by atoms with Gasteiger partial charge in [0.2, 0.25) is 5.91 Å². The molecule has 0 spiro atoms. The number of ether oxygens (including phenoxy) is 1. The molecule has 1 heterocycles. The third-order valence-electron chi connectivity index (χ3n) is 5.06. The van der Waals surface area contributed by atoms with E-state index in [1.165, 1.54) is 0 Å². The zero-order valence-corrected chi connectivity index (χ0v) is 17.0. The van der Waals surface area contributed by atoms with E-state index in [1.54, 1.807) is 13.2 Å². The predicted molar refractivity (Wildman–Crippen MR) is 115 cm³/mol. The van der Waals surface area contributed by atoms with Crippen molar-refractivity contribution in [3.05, 3.63) is 70.1 Å². The van der Waals surface area contributed by atoms with Gasteiger partial charge in [0.15, 0.2) is 0 Å². The number of carbonyl (C=O) groups is 1. The largest absolute Gasteiger partial charge is 0.497 e. The molecule has 3 rings (SSSR count). The summed E-state index contributed by atoms with van der Waals surface area (Å²) in [6, 6.07) is 15.4. The Morgan fingerprint density at radius 2 is 1.93 bits per heavy atom. The highest BCUT2D eigenvalue weighted by atomic mass is 16.5. The highest BCUT2D eigenvalue weighted by Gasteiger charge is 2.13. The zero-order chi connectivity index (χ0) is 20.8. The molecule has 0 saturated heterocycles. The summed E-state index contributed by atoms with van der Waals surface area (Å²) in [6.45, 7) is 3.12. The van der Waals surface area contributed by atoms with Gasteiger partial charge in [-0.25, -0.2) is 4.79 Å². The van der Waals surface area contributed by atoms with Crippen LogP contribution in [0.25, 0.3) is 11.0 Å². The molecular weight excluding hydrogens is 368 g/mol. The van der Waals surface area contributed by atoms with Gasteiger partial charge in [0.05, 0.1) is 7.11 Å². The fraction of sp³-hybridized carbons (Fsp3) is 0.304. The fourth-order valence-electron chi connectivity index (χ4n) is 3.29. The van der Waals surface area contributed by atoms with Crippen LogP contribution in [-0.2, 0) is 11.2 Å². The van der Waals surface area contributed by atoms with Crippen molar-refractivity contribution >= 4 is 22.6 Å². The number of fused-ring (bicyclic) bond motifs is 1. The summed E-state index contributed by atoms with van der Waals surface area (Å²) in [5, 5.41) is 3.77. The van der Waals surface area contributed by atoms with Crippen LogP contribution in [0, 0.1) is 6.92 Å². The molecule has 6 heteroatoms. The summed E-state index contributed by atoms with van der Waals surface area (Å²) in [5.74, 6) is 0.549. The number of rotatable bonds is 8. The Hall–Kier alpha value is -3.28. The quantitative estimate of drug-likeness (QED) is 0.594. The third-order valence-corrected chi connectivity index (χ3v) is 5.06. The molecule has 1 amide bonds. The normalized spacial score (nSPS) is 10.7. The van der Waals surface area contributed by atoms with Crippen molar-refractivity contribution in [2.24, 2.45) is 0 Å². The molecule has 2 aromatic carbocycles. The first-order chi connectivity index (χ1) is 14.0. The second-order valence-corrected chi connectivity index (χ2v) is 6.96. The Kier molecular flexibility index (Phi) is 6.54. The smallest absolute Gasteiger partial charge is 0.339 e. The number of benzene rings is 2. The third kappa shape index (κ3) is 4.96. The van der Waals surface area contributed by atoms with E-state index in [1.807, 2.05) is 56.4 Å². The number of amides is 1. The zero-order valence-electron chi connectivity index (χ0n) is 17.0. The minimum Gasteiger partial charge on any atom is -0.497 e. The van der Waals surface area contributed by atoms with Gasteiger partial charge in [-0.15, -0.1) is 0 Å². The van der Waals surface area contributed by atoms with Crippen LogP contribution in [0.2, 0.25) is 0 Å². The lowest BCUT2D eigenvalue weighted by atomic mass is 10.0. The van der Waals surface area contributed by atoms with Crippen molar-refractivity contribution in [3.8, 4) is 5.75 Å². The second kappa shape index (κ2) is 9.28. The van der Waals surface area contributed by atoms with Gasteiger partial charge in [-0.2, -0.15) is 0 Å². The van der Waals surface area contributed by atoms with E-state index in [4.69, 9.17) is 9.15 Å². The Morgan fingerprint density at radius 3 is 2.66 bits per heavy atom. The van der Waals surface area contributed by atoms with Gasteiger partial charge in [-0.05, 0) is 43.2 Å². The molecule has 0 radical (unpaired) electrons. The summed E-state index contributed by atoms with van der Waals surface area (Å²) in [7, 11) is 3.55. The highest BCUT2D eigenvalue weighted by molar-refractivity contribution is 5.82. The van der Waals surface area contributed by atoms with E-state index in [-0.39, 0.29) is 12.3 Å². The first kappa shape index (κ1) is 20.5.